The van der Waals surface area contributed by atoms with Crippen LogP contribution in [0.1, 0.15) is 25.3 Å². The van der Waals surface area contributed by atoms with Crippen LogP contribution < -0.4 is 10.0 Å². The highest BCUT2D eigenvalue weighted by molar-refractivity contribution is 7.98. The first-order chi connectivity index (χ1) is 7.72. The van der Waals surface area contributed by atoms with Crippen LogP contribution in [0, 0.1) is 6.92 Å². The van der Waals surface area contributed by atoms with Gasteiger partial charge in [0.25, 0.3) is 0 Å². The third-order valence-corrected chi connectivity index (χ3v) is 2.89. The van der Waals surface area contributed by atoms with Crippen LogP contribution in [0.4, 0.5) is 4.79 Å². The molecule has 0 bridgehead atoms. The number of hydrogen-bond acceptors (Lipinski definition) is 2. The summed E-state index contributed by atoms with van der Waals surface area (Å²) in [5.41, 5.74) is 1.22. The van der Waals surface area contributed by atoms with Crippen molar-refractivity contribution in [2.75, 3.05) is 6.54 Å². The van der Waals surface area contributed by atoms with E-state index in [0.717, 1.165) is 24.3 Å². The molecule has 88 valence electrons. The van der Waals surface area contributed by atoms with Crippen LogP contribution in [0.3, 0.4) is 0 Å². The SMILES string of the molecule is CCCCNC(=O)NSc1ccc(C)cc1. The van der Waals surface area contributed by atoms with Gasteiger partial charge in [0.05, 0.1) is 0 Å². The smallest absolute Gasteiger partial charge is 0.325 e. The molecule has 0 spiro atoms. The van der Waals surface area contributed by atoms with Gasteiger partial charge in [0.15, 0.2) is 0 Å². The molecule has 1 rings (SSSR count). The Labute approximate surface area is 101 Å². The summed E-state index contributed by atoms with van der Waals surface area (Å²) in [6, 6.07) is 7.91. The van der Waals surface area contributed by atoms with Gasteiger partial charge in [-0.1, -0.05) is 31.0 Å². The van der Waals surface area contributed by atoms with Crippen LogP contribution in [0.5, 0.6) is 0 Å². The summed E-state index contributed by atoms with van der Waals surface area (Å²) in [4.78, 5) is 12.4. The number of carbonyl (C=O) groups is 1. The summed E-state index contributed by atoms with van der Waals surface area (Å²) in [5, 5.41) is 2.79. The molecule has 0 aromatic heterocycles. The van der Waals surface area contributed by atoms with Gasteiger partial charge in [-0.15, -0.1) is 0 Å². The lowest BCUT2D eigenvalue weighted by Gasteiger charge is -2.06. The van der Waals surface area contributed by atoms with Gasteiger partial charge in [0, 0.05) is 11.4 Å². The predicted molar refractivity (Wildman–Crippen MR) is 68.5 cm³/mol. The Balaban J connectivity index is 2.23. The molecule has 2 N–H and O–H groups in total. The van der Waals surface area contributed by atoms with Gasteiger partial charge in [-0.3, -0.25) is 4.72 Å². The number of carbonyl (C=O) groups excluding carboxylic acids is 1. The van der Waals surface area contributed by atoms with E-state index >= 15 is 0 Å². The highest BCUT2D eigenvalue weighted by Gasteiger charge is 1.99. The van der Waals surface area contributed by atoms with Crippen LogP contribution >= 0.6 is 11.9 Å². The minimum Gasteiger partial charge on any atom is -0.337 e. The molecule has 0 saturated carbocycles. The summed E-state index contributed by atoms with van der Waals surface area (Å²) in [6.45, 7) is 4.87. The number of aryl methyl sites for hydroxylation is 1. The number of urea groups is 1. The van der Waals surface area contributed by atoms with Crippen molar-refractivity contribution in [2.45, 2.75) is 31.6 Å². The van der Waals surface area contributed by atoms with E-state index in [1.54, 1.807) is 0 Å². The van der Waals surface area contributed by atoms with Crippen molar-refractivity contribution in [3.8, 4) is 0 Å². The third kappa shape index (κ3) is 5.07. The number of rotatable bonds is 5. The number of nitrogens with one attached hydrogen (secondary N) is 2. The molecule has 0 saturated heterocycles. The number of benzene rings is 1. The molecule has 16 heavy (non-hydrogen) atoms. The number of hydrogen-bond donors (Lipinski definition) is 2. The molecule has 0 radical (unpaired) electrons. The maximum atomic E-state index is 11.3. The van der Waals surface area contributed by atoms with E-state index in [0.29, 0.717) is 0 Å². The molecule has 0 unspecified atom stereocenters. The van der Waals surface area contributed by atoms with Gasteiger partial charge in [-0.2, -0.15) is 0 Å². The molecule has 1 aromatic rings. The average Bonchev–Trinajstić information content (AvgIpc) is 2.29. The Kier molecular flexibility index (Phi) is 5.78. The molecule has 0 atom stereocenters. The summed E-state index contributed by atoms with van der Waals surface area (Å²) in [7, 11) is 0. The fourth-order valence-electron chi connectivity index (χ4n) is 1.13. The van der Waals surface area contributed by atoms with Gasteiger partial charge >= 0.3 is 6.03 Å². The highest BCUT2D eigenvalue weighted by Crippen LogP contribution is 2.14. The lowest BCUT2D eigenvalue weighted by Crippen LogP contribution is -2.31. The maximum Gasteiger partial charge on any atom is 0.325 e. The molecule has 2 amide bonds. The van der Waals surface area contributed by atoms with Crippen molar-refractivity contribution in [2.24, 2.45) is 0 Å². The zero-order valence-electron chi connectivity index (χ0n) is 9.75. The van der Waals surface area contributed by atoms with E-state index in [9.17, 15) is 4.79 Å². The predicted octanol–water partition coefficient (Wildman–Crippen LogP) is 3.10. The minimum absolute atomic E-state index is 0.126. The third-order valence-electron chi connectivity index (χ3n) is 2.10. The van der Waals surface area contributed by atoms with Crippen molar-refractivity contribution in [1.29, 1.82) is 0 Å². The molecular weight excluding hydrogens is 220 g/mol. The van der Waals surface area contributed by atoms with Crippen LogP contribution in [-0.4, -0.2) is 12.6 Å². The Morgan fingerprint density at radius 3 is 2.62 bits per heavy atom. The second kappa shape index (κ2) is 7.17. The summed E-state index contributed by atoms with van der Waals surface area (Å²) >= 11 is 1.33. The van der Waals surface area contributed by atoms with Crippen molar-refractivity contribution >= 4 is 18.0 Å². The highest BCUT2D eigenvalue weighted by atomic mass is 32.2. The van der Waals surface area contributed by atoms with Crippen molar-refractivity contribution < 1.29 is 4.79 Å². The van der Waals surface area contributed by atoms with E-state index in [1.807, 2.05) is 31.2 Å². The fraction of sp³-hybridized carbons (Fsp3) is 0.417. The van der Waals surface area contributed by atoms with E-state index in [2.05, 4.69) is 17.0 Å². The average molecular weight is 238 g/mol. The molecule has 0 aliphatic rings. The Hall–Kier alpha value is -1.16. The first-order valence-electron chi connectivity index (χ1n) is 5.49. The Morgan fingerprint density at radius 2 is 2.00 bits per heavy atom. The van der Waals surface area contributed by atoms with Crippen molar-refractivity contribution in [3.05, 3.63) is 29.8 Å². The van der Waals surface area contributed by atoms with Gasteiger partial charge in [-0.05, 0) is 37.4 Å². The van der Waals surface area contributed by atoms with Gasteiger partial charge in [0.1, 0.15) is 0 Å². The lowest BCUT2D eigenvalue weighted by molar-refractivity contribution is 0.246. The summed E-state index contributed by atoms with van der Waals surface area (Å²) in [6.07, 6.45) is 2.11. The first-order valence-corrected chi connectivity index (χ1v) is 6.31. The zero-order valence-corrected chi connectivity index (χ0v) is 10.6. The van der Waals surface area contributed by atoms with Gasteiger partial charge in [0.2, 0.25) is 0 Å². The van der Waals surface area contributed by atoms with Crippen molar-refractivity contribution in [3.63, 3.8) is 0 Å². The maximum absolute atomic E-state index is 11.3. The number of unbranched alkanes of at least 4 members (excludes halogenated alkanes) is 1. The van der Waals surface area contributed by atoms with Crippen LogP contribution in [0.2, 0.25) is 0 Å². The molecule has 3 nitrogen and oxygen atoms in total. The largest absolute Gasteiger partial charge is 0.337 e. The summed E-state index contributed by atoms with van der Waals surface area (Å²) in [5.74, 6) is 0. The monoisotopic (exact) mass is 238 g/mol. The molecule has 0 heterocycles. The second-order valence-corrected chi connectivity index (χ2v) is 4.51. The molecule has 0 aliphatic heterocycles. The van der Waals surface area contributed by atoms with Crippen LogP contribution in [-0.2, 0) is 0 Å². The van der Waals surface area contributed by atoms with E-state index in [-0.39, 0.29) is 6.03 Å². The van der Waals surface area contributed by atoms with Crippen molar-refractivity contribution in [1.82, 2.24) is 10.0 Å². The number of amides is 2. The quantitative estimate of drug-likeness (QED) is 0.611. The first kappa shape index (κ1) is 12.9. The Morgan fingerprint density at radius 1 is 1.31 bits per heavy atom. The molecule has 4 heteroatoms. The second-order valence-electron chi connectivity index (χ2n) is 3.63. The fourth-order valence-corrected chi connectivity index (χ4v) is 1.68. The lowest BCUT2D eigenvalue weighted by atomic mass is 10.2. The van der Waals surface area contributed by atoms with E-state index in [1.165, 1.54) is 17.5 Å². The standard InChI is InChI=1S/C12H18N2OS/c1-3-4-9-13-12(15)14-16-11-7-5-10(2)6-8-11/h5-8H,3-4,9H2,1-2H3,(H2,13,14,15). The van der Waals surface area contributed by atoms with Gasteiger partial charge in [-0.25, -0.2) is 4.79 Å². The molecular formula is C12H18N2OS. The van der Waals surface area contributed by atoms with E-state index < -0.39 is 0 Å². The molecule has 1 aromatic carbocycles. The Bertz CT molecular complexity index is 324. The van der Waals surface area contributed by atoms with Gasteiger partial charge < -0.3 is 5.32 Å². The van der Waals surface area contributed by atoms with Crippen LogP contribution in [0.15, 0.2) is 29.2 Å². The molecule has 0 aliphatic carbocycles. The van der Waals surface area contributed by atoms with Crippen LogP contribution in [0.25, 0.3) is 0 Å². The minimum atomic E-state index is -0.126. The molecule has 0 fully saturated rings. The zero-order chi connectivity index (χ0) is 11.8. The van der Waals surface area contributed by atoms with E-state index in [4.69, 9.17) is 0 Å². The normalized spacial score (nSPS) is 9.88. The topological polar surface area (TPSA) is 41.1 Å². The summed E-state index contributed by atoms with van der Waals surface area (Å²) < 4.78 is 2.74.